The number of carbonyl (C=O) groups excluding carboxylic acids is 4. The van der Waals surface area contributed by atoms with E-state index in [0.29, 0.717) is 86.3 Å². The van der Waals surface area contributed by atoms with Crippen molar-refractivity contribution < 1.29 is 19.2 Å². The van der Waals surface area contributed by atoms with Gasteiger partial charge in [0, 0.05) is 92.6 Å². The first-order valence-electron chi connectivity index (χ1n) is 27.5. The highest BCUT2D eigenvalue weighted by atomic mass is 35.5. The highest BCUT2D eigenvalue weighted by Crippen LogP contribution is 2.47. The van der Waals surface area contributed by atoms with E-state index in [1.54, 1.807) is 38.6 Å². The van der Waals surface area contributed by atoms with Crippen LogP contribution in [0.2, 0.25) is 10.0 Å². The minimum Gasteiger partial charge on any atom is -0.345 e. The molecular weight excluding hydrogens is 1150 g/mol. The third-order valence-corrected chi connectivity index (χ3v) is 20.1. The van der Waals surface area contributed by atoms with Gasteiger partial charge in [-0.2, -0.15) is 10.2 Å². The monoisotopic (exact) mass is 1210 g/mol. The van der Waals surface area contributed by atoms with Crippen LogP contribution in [0.5, 0.6) is 0 Å². The highest BCUT2D eigenvalue weighted by molar-refractivity contribution is 8.14. The molecule has 17 nitrogen and oxygen atoms in total. The number of halogens is 2. The van der Waals surface area contributed by atoms with E-state index in [1.807, 2.05) is 89.2 Å². The Labute approximate surface area is 501 Å². The van der Waals surface area contributed by atoms with Crippen molar-refractivity contribution in [3.8, 4) is 55.0 Å². The number of hydrogen-bond donors (Lipinski definition) is 2. The third kappa shape index (κ3) is 11.2. The molecule has 2 aromatic carbocycles. The molecule has 12 rings (SSSR count). The maximum atomic E-state index is 14.2. The molecule has 1 saturated carbocycles. The Balaban J connectivity index is 0.646. The molecular formula is C59H59Cl2N13O4S4. The van der Waals surface area contributed by atoms with Gasteiger partial charge in [0.15, 0.2) is 10.3 Å². The lowest BCUT2D eigenvalue weighted by molar-refractivity contribution is 0.0644. The van der Waals surface area contributed by atoms with E-state index in [0.717, 1.165) is 123 Å². The fourth-order valence-corrected chi connectivity index (χ4v) is 15.8. The smallest absolute Gasteiger partial charge is 0.285 e. The number of aryl methyl sites for hydroxylation is 2. The van der Waals surface area contributed by atoms with Crippen LogP contribution in [0.15, 0.2) is 85.5 Å². The van der Waals surface area contributed by atoms with Crippen molar-refractivity contribution in [1.29, 1.82) is 0 Å². The normalized spacial score (nSPS) is 17.4. The van der Waals surface area contributed by atoms with Gasteiger partial charge in [-0.3, -0.25) is 39.8 Å². The summed E-state index contributed by atoms with van der Waals surface area (Å²) in [5.74, 6) is 1.59. The Morgan fingerprint density at radius 3 is 1.72 bits per heavy atom. The number of anilines is 2. The number of thioether (sulfide) groups is 2. The largest absolute Gasteiger partial charge is 0.345 e. The van der Waals surface area contributed by atoms with Crippen LogP contribution in [-0.2, 0) is 25.7 Å². The van der Waals surface area contributed by atoms with Crippen LogP contribution < -0.4 is 10.6 Å². The van der Waals surface area contributed by atoms with Gasteiger partial charge in [0.25, 0.3) is 22.3 Å². The van der Waals surface area contributed by atoms with Gasteiger partial charge in [0.1, 0.15) is 0 Å². The fourth-order valence-electron chi connectivity index (χ4n) is 11.8. The summed E-state index contributed by atoms with van der Waals surface area (Å²) in [6.45, 7) is 3.98. The van der Waals surface area contributed by atoms with Crippen molar-refractivity contribution in [2.24, 2.45) is 5.92 Å². The Bertz CT molecular complexity index is 3750. The van der Waals surface area contributed by atoms with Crippen molar-refractivity contribution in [2.45, 2.75) is 83.2 Å². The van der Waals surface area contributed by atoms with Crippen molar-refractivity contribution >= 4 is 102 Å². The second-order valence-electron chi connectivity index (χ2n) is 21.2. The van der Waals surface area contributed by atoms with Crippen LogP contribution >= 0.6 is 69.4 Å². The van der Waals surface area contributed by atoms with Crippen molar-refractivity contribution in [1.82, 2.24) is 54.2 Å². The van der Waals surface area contributed by atoms with Crippen LogP contribution in [0, 0.1) is 5.92 Å². The average Bonchev–Trinajstić information content (AvgIpc) is 4.52. The third-order valence-electron chi connectivity index (χ3n) is 16.0. The Morgan fingerprint density at radius 1 is 0.683 bits per heavy atom. The number of thiazole rings is 2. The van der Waals surface area contributed by atoms with Gasteiger partial charge in [0.05, 0.1) is 76.5 Å². The number of carbonyl (C=O) groups is 4. The molecule has 82 heavy (non-hydrogen) atoms. The predicted octanol–water partition coefficient (Wildman–Crippen LogP) is 13.0. The first kappa shape index (κ1) is 56.0. The molecule has 8 aromatic rings. The Hall–Kier alpha value is -6.46. The zero-order valence-corrected chi connectivity index (χ0v) is 50.4. The predicted molar refractivity (Wildman–Crippen MR) is 330 cm³/mol. The summed E-state index contributed by atoms with van der Waals surface area (Å²) in [4.78, 5) is 79.4. The molecule has 3 aliphatic carbocycles. The molecule has 2 N–H and O–H groups in total. The molecule has 6 aromatic heterocycles. The van der Waals surface area contributed by atoms with Crippen molar-refractivity contribution in [3.63, 3.8) is 0 Å². The Morgan fingerprint density at radius 2 is 1.22 bits per heavy atom. The number of pyridine rings is 2. The average molecular weight is 1210 g/mol. The number of hydrogen-bond acceptors (Lipinski definition) is 15. The van der Waals surface area contributed by atoms with E-state index in [4.69, 9.17) is 43.4 Å². The van der Waals surface area contributed by atoms with Crippen LogP contribution in [0.25, 0.3) is 55.0 Å². The summed E-state index contributed by atoms with van der Waals surface area (Å²) in [6, 6.07) is 19.2. The number of benzene rings is 2. The summed E-state index contributed by atoms with van der Waals surface area (Å²) in [5, 5.41) is 17.8. The second-order valence-corrected chi connectivity index (χ2v) is 26.3. The molecule has 0 radical (unpaired) electrons. The first-order valence-corrected chi connectivity index (χ1v) is 31.9. The minimum atomic E-state index is -0.184. The summed E-state index contributed by atoms with van der Waals surface area (Å²) in [6.07, 6.45) is 15.8. The molecule has 1 unspecified atom stereocenters. The standard InChI is InChI=1S/C59H59Cl2N13O4S4/c1-5-79-58(77)66-56-64-46-20-18-42-49(35-9-7-25-63-31-35)69-74(50(42)52(46)81-56)39-15-17-41(45(61)29-39)55(76)71(4)36-10-12-37(13-11-36)72-26-22-33(32-72)23-27-80-59(78)67-57-65-47-21-19-43-48(34-8-6-24-62-30-34)68-73(51(43)53(47)82-57)38-14-16-40(44(60)28-38)54(75)70(2)3/h6-9,14-17,24-25,28-31,33,36-37H,5,10-13,18-23,26-27,32H2,1-4H3,(H,64,66,77)(H,65,67,78). The molecule has 1 aliphatic heterocycles. The summed E-state index contributed by atoms with van der Waals surface area (Å²) >= 11 is 19.2. The van der Waals surface area contributed by atoms with Gasteiger partial charge in [-0.25, -0.2) is 19.3 Å². The van der Waals surface area contributed by atoms with E-state index < -0.39 is 0 Å². The van der Waals surface area contributed by atoms with Gasteiger partial charge in [-0.05, 0) is 143 Å². The first-order chi connectivity index (χ1) is 39.8. The Kier molecular flexibility index (Phi) is 16.4. The quantitative estimate of drug-likeness (QED) is 0.105. The summed E-state index contributed by atoms with van der Waals surface area (Å²) < 4.78 is 3.77. The van der Waals surface area contributed by atoms with Gasteiger partial charge in [-0.15, -0.1) is 0 Å². The van der Waals surface area contributed by atoms with Crippen molar-refractivity contribution in [2.75, 3.05) is 56.4 Å². The SMILES string of the molecule is CCSC(=O)Nc1nc2c(s1)-c1c(c(-c3cccnc3)nn1-c1ccc(C(=O)N(C)C3CCC(N4CCC(CCSC(=O)Nc5nc6c(s5)-c5c(c(-c7cccnc7)nn5-c5ccc(C(=O)N(C)C)c(Cl)c5)CC6)C4)CC3)c(Cl)c1)CC2. The lowest BCUT2D eigenvalue weighted by Gasteiger charge is -2.38. The van der Waals surface area contributed by atoms with E-state index in [2.05, 4.69) is 25.5 Å². The second kappa shape index (κ2) is 24.0. The molecule has 0 spiro atoms. The molecule has 422 valence electrons. The van der Waals surface area contributed by atoms with Crippen LogP contribution in [0.4, 0.5) is 19.9 Å². The number of nitrogens with one attached hydrogen (secondary N) is 2. The number of likely N-dealkylation sites (tertiary alicyclic amines) is 1. The van der Waals surface area contributed by atoms with Gasteiger partial charge in [-0.1, -0.05) is 76.3 Å². The number of amides is 4. The van der Waals surface area contributed by atoms with Crippen molar-refractivity contribution in [3.05, 3.63) is 129 Å². The molecule has 1 atom stereocenters. The van der Waals surface area contributed by atoms with Gasteiger partial charge < -0.3 is 14.7 Å². The molecule has 7 heterocycles. The van der Waals surface area contributed by atoms with Gasteiger partial charge >= 0.3 is 0 Å². The summed E-state index contributed by atoms with van der Waals surface area (Å²) in [5.41, 5.74) is 11.5. The van der Waals surface area contributed by atoms with E-state index in [1.165, 1.54) is 51.1 Å². The number of rotatable bonds is 14. The highest BCUT2D eigenvalue weighted by Gasteiger charge is 2.36. The minimum absolute atomic E-state index is 0.0950. The molecule has 4 amide bonds. The van der Waals surface area contributed by atoms with E-state index in [-0.39, 0.29) is 28.3 Å². The lowest BCUT2D eigenvalue weighted by atomic mass is 9.89. The summed E-state index contributed by atoms with van der Waals surface area (Å²) in [7, 11) is 5.29. The number of nitrogens with zero attached hydrogens (tertiary/aromatic N) is 11. The van der Waals surface area contributed by atoms with Crippen LogP contribution in [0.3, 0.4) is 0 Å². The molecule has 1 saturated heterocycles. The number of fused-ring (bicyclic) bond motifs is 6. The molecule has 2 fully saturated rings. The zero-order valence-electron chi connectivity index (χ0n) is 45.7. The lowest BCUT2D eigenvalue weighted by Crippen LogP contribution is -2.44. The molecule has 0 bridgehead atoms. The van der Waals surface area contributed by atoms with E-state index >= 15 is 0 Å². The zero-order chi connectivity index (χ0) is 56.8. The maximum Gasteiger partial charge on any atom is 0.285 e. The topological polar surface area (TPSA) is 189 Å². The van der Waals surface area contributed by atoms with Gasteiger partial charge in [0.2, 0.25) is 0 Å². The fraction of sp³-hybridized carbons (Fsp3) is 0.356. The van der Waals surface area contributed by atoms with Crippen LogP contribution in [-0.4, -0.2) is 134 Å². The van der Waals surface area contributed by atoms with E-state index in [9.17, 15) is 19.2 Å². The number of aromatic nitrogens is 8. The molecule has 4 aliphatic rings. The molecule has 23 heteroatoms. The maximum absolute atomic E-state index is 14.2. The van der Waals surface area contributed by atoms with Crippen LogP contribution in [0.1, 0.15) is 88.7 Å².